The van der Waals surface area contributed by atoms with Crippen molar-refractivity contribution in [3.63, 3.8) is 0 Å². The Morgan fingerprint density at radius 1 is 1.11 bits per heavy atom. The van der Waals surface area contributed by atoms with Crippen LogP contribution in [-0.2, 0) is 0 Å². The third-order valence-corrected chi connectivity index (χ3v) is 0.615. The van der Waals surface area contributed by atoms with Gasteiger partial charge in [-0.2, -0.15) is 5.26 Å². The summed E-state index contributed by atoms with van der Waals surface area (Å²) >= 11 is 0. The Labute approximate surface area is 54.6 Å². The SMILES string of the molecule is N#CC=CC=CC=CN. The van der Waals surface area contributed by atoms with Gasteiger partial charge in [0.25, 0.3) is 0 Å². The van der Waals surface area contributed by atoms with Gasteiger partial charge in [-0.05, 0) is 12.3 Å². The van der Waals surface area contributed by atoms with Gasteiger partial charge in [-0.15, -0.1) is 0 Å². The Kier molecular flexibility index (Phi) is 5.43. The molecule has 2 nitrogen and oxygen atoms in total. The summed E-state index contributed by atoms with van der Waals surface area (Å²) in [6, 6.07) is 1.86. The molecule has 2 heteroatoms. The van der Waals surface area contributed by atoms with Crippen molar-refractivity contribution < 1.29 is 0 Å². The first-order chi connectivity index (χ1) is 4.41. The standard InChI is InChI=1S/C7H8N2/c8-6-4-2-1-3-5-7-9/h1-6H,8H2. The minimum atomic E-state index is 1.39. The molecule has 0 aliphatic heterocycles. The fourth-order valence-electron chi connectivity index (χ4n) is 0.291. The molecular formula is C7H8N2. The molecular weight excluding hydrogens is 112 g/mol. The molecule has 0 saturated heterocycles. The van der Waals surface area contributed by atoms with Crippen LogP contribution in [0.5, 0.6) is 0 Å². The van der Waals surface area contributed by atoms with Crippen LogP contribution in [0.4, 0.5) is 0 Å². The summed E-state index contributed by atoms with van der Waals surface area (Å²) in [4.78, 5) is 0. The molecule has 0 fully saturated rings. The summed E-state index contributed by atoms with van der Waals surface area (Å²) in [5.74, 6) is 0. The fraction of sp³-hybridized carbons (Fsp3) is 0. The molecule has 0 saturated carbocycles. The van der Waals surface area contributed by atoms with E-state index in [0.29, 0.717) is 0 Å². The Bertz CT molecular complexity index is 170. The maximum atomic E-state index is 8.01. The van der Waals surface area contributed by atoms with Crippen molar-refractivity contribution in [2.75, 3.05) is 0 Å². The predicted octanol–water partition coefficient (Wildman–Crippen LogP) is 1.09. The number of hydrogen-bond acceptors (Lipinski definition) is 2. The topological polar surface area (TPSA) is 49.8 Å². The lowest BCUT2D eigenvalue weighted by Crippen LogP contribution is -1.71. The van der Waals surface area contributed by atoms with Crippen LogP contribution in [0.15, 0.2) is 36.6 Å². The van der Waals surface area contributed by atoms with Gasteiger partial charge in [0.1, 0.15) is 0 Å². The number of rotatable bonds is 2. The molecule has 46 valence electrons. The molecule has 0 rings (SSSR count). The Balaban J connectivity index is 3.50. The van der Waals surface area contributed by atoms with E-state index in [2.05, 4.69) is 0 Å². The Morgan fingerprint density at radius 3 is 2.33 bits per heavy atom. The maximum absolute atomic E-state index is 8.01. The summed E-state index contributed by atoms with van der Waals surface area (Å²) in [5, 5.41) is 8.01. The molecule has 0 aliphatic carbocycles. The van der Waals surface area contributed by atoms with E-state index < -0.39 is 0 Å². The quantitative estimate of drug-likeness (QED) is 0.438. The first-order valence-electron chi connectivity index (χ1n) is 2.51. The summed E-state index contributed by atoms with van der Waals surface area (Å²) in [7, 11) is 0. The van der Waals surface area contributed by atoms with Gasteiger partial charge in [-0.25, -0.2) is 0 Å². The van der Waals surface area contributed by atoms with Gasteiger partial charge in [0.2, 0.25) is 0 Å². The molecule has 0 aromatic rings. The number of allylic oxidation sites excluding steroid dienone is 5. The van der Waals surface area contributed by atoms with Crippen LogP contribution in [0.3, 0.4) is 0 Å². The highest BCUT2D eigenvalue weighted by atomic mass is 14.5. The highest BCUT2D eigenvalue weighted by molar-refractivity contribution is 5.15. The molecule has 0 radical (unpaired) electrons. The number of nitriles is 1. The zero-order valence-electron chi connectivity index (χ0n) is 4.99. The maximum Gasteiger partial charge on any atom is 0.0912 e. The van der Waals surface area contributed by atoms with Crippen molar-refractivity contribution in [1.82, 2.24) is 0 Å². The van der Waals surface area contributed by atoms with Gasteiger partial charge >= 0.3 is 0 Å². The lowest BCUT2D eigenvalue weighted by molar-refractivity contribution is 1.53. The van der Waals surface area contributed by atoms with E-state index in [9.17, 15) is 0 Å². The minimum Gasteiger partial charge on any atom is -0.405 e. The minimum absolute atomic E-state index is 1.39. The zero-order valence-corrected chi connectivity index (χ0v) is 4.99. The normalized spacial score (nSPS) is 11.4. The molecule has 0 aromatic carbocycles. The highest BCUT2D eigenvalue weighted by Gasteiger charge is 1.58. The third-order valence-electron chi connectivity index (χ3n) is 0.615. The van der Waals surface area contributed by atoms with Crippen LogP contribution in [0.2, 0.25) is 0 Å². The predicted molar refractivity (Wildman–Crippen MR) is 37.2 cm³/mol. The van der Waals surface area contributed by atoms with Crippen molar-refractivity contribution >= 4 is 0 Å². The second kappa shape index (κ2) is 6.51. The van der Waals surface area contributed by atoms with Crippen molar-refractivity contribution in [1.29, 1.82) is 5.26 Å². The number of nitrogens with two attached hydrogens (primary N) is 1. The first-order valence-corrected chi connectivity index (χ1v) is 2.51. The van der Waals surface area contributed by atoms with E-state index in [1.165, 1.54) is 12.3 Å². The van der Waals surface area contributed by atoms with E-state index in [-0.39, 0.29) is 0 Å². The lowest BCUT2D eigenvalue weighted by atomic mass is 10.4. The molecule has 0 heterocycles. The molecule has 0 aromatic heterocycles. The van der Waals surface area contributed by atoms with E-state index in [1.54, 1.807) is 24.3 Å². The number of nitrogens with zero attached hydrogens (tertiary/aromatic N) is 1. The summed E-state index contributed by atoms with van der Waals surface area (Å²) in [6.07, 6.45) is 9.61. The average molecular weight is 120 g/mol. The van der Waals surface area contributed by atoms with Crippen molar-refractivity contribution in [3.05, 3.63) is 36.6 Å². The smallest absolute Gasteiger partial charge is 0.0912 e. The van der Waals surface area contributed by atoms with E-state index >= 15 is 0 Å². The van der Waals surface area contributed by atoms with E-state index in [0.717, 1.165) is 0 Å². The summed E-state index contributed by atoms with van der Waals surface area (Å²) in [5.41, 5.74) is 5.02. The van der Waals surface area contributed by atoms with Gasteiger partial charge in [0, 0.05) is 6.08 Å². The monoisotopic (exact) mass is 120 g/mol. The molecule has 0 spiro atoms. The van der Waals surface area contributed by atoms with Gasteiger partial charge < -0.3 is 5.73 Å². The van der Waals surface area contributed by atoms with Crippen molar-refractivity contribution in [2.24, 2.45) is 5.73 Å². The van der Waals surface area contributed by atoms with Gasteiger partial charge in [0.15, 0.2) is 0 Å². The average Bonchev–Trinajstić information content (AvgIpc) is 1.89. The fourth-order valence-corrected chi connectivity index (χ4v) is 0.291. The molecule has 0 aliphatic rings. The van der Waals surface area contributed by atoms with Crippen LogP contribution in [0.1, 0.15) is 0 Å². The highest BCUT2D eigenvalue weighted by Crippen LogP contribution is 1.75. The largest absolute Gasteiger partial charge is 0.405 e. The summed E-state index contributed by atoms with van der Waals surface area (Å²) < 4.78 is 0. The molecule has 0 unspecified atom stereocenters. The van der Waals surface area contributed by atoms with Crippen LogP contribution < -0.4 is 5.73 Å². The second-order valence-electron chi connectivity index (χ2n) is 1.26. The molecule has 9 heavy (non-hydrogen) atoms. The third kappa shape index (κ3) is 6.51. The van der Waals surface area contributed by atoms with E-state index in [4.69, 9.17) is 11.0 Å². The van der Waals surface area contributed by atoms with Crippen LogP contribution in [-0.4, -0.2) is 0 Å². The molecule has 0 atom stereocenters. The van der Waals surface area contributed by atoms with Crippen LogP contribution in [0.25, 0.3) is 0 Å². The van der Waals surface area contributed by atoms with Gasteiger partial charge in [-0.1, -0.05) is 18.2 Å². The van der Waals surface area contributed by atoms with Gasteiger partial charge in [-0.3, -0.25) is 0 Å². The van der Waals surface area contributed by atoms with E-state index in [1.807, 2.05) is 6.07 Å². The first kappa shape index (κ1) is 7.51. The molecule has 0 bridgehead atoms. The summed E-state index contributed by atoms with van der Waals surface area (Å²) in [6.45, 7) is 0. The molecule has 0 amide bonds. The van der Waals surface area contributed by atoms with Crippen molar-refractivity contribution in [2.45, 2.75) is 0 Å². The molecule has 2 N–H and O–H groups in total. The van der Waals surface area contributed by atoms with Crippen molar-refractivity contribution in [3.8, 4) is 6.07 Å². The van der Waals surface area contributed by atoms with Crippen LogP contribution >= 0.6 is 0 Å². The Hall–Kier alpha value is -1.49. The van der Waals surface area contributed by atoms with Crippen LogP contribution in [0, 0.1) is 11.3 Å². The second-order valence-corrected chi connectivity index (χ2v) is 1.26. The lowest BCUT2D eigenvalue weighted by Gasteiger charge is -1.68. The Morgan fingerprint density at radius 2 is 1.78 bits per heavy atom. The number of hydrogen-bond donors (Lipinski definition) is 1. The zero-order chi connectivity index (χ0) is 6.95. The van der Waals surface area contributed by atoms with Gasteiger partial charge in [0.05, 0.1) is 6.07 Å².